The van der Waals surface area contributed by atoms with E-state index in [0.29, 0.717) is 26.1 Å². The van der Waals surface area contributed by atoms with Crippen LogP contribution >= 0.6 is 0 Å². The van der Waals surface area contributed by atoms with Crippen LogP contribution in [0.15, 0.2) is 0 Å². The SMILES string of the molecule is CC(C)N(C)S(=O)(=O)NCC1(C(=O)O)CCOCC1. The van der Waals surface area contributed by atoms with Crippen LogP contribution < -0.4 is 4.72 Å². The number of nitrogens with zero attached hydrogens (tertiary/aromatic N) is 1. The zero-order valence-electron chi connectivity index (χ0n) is 11.5. The summed E-state index contributed by atoms with van der Waals surface area (Å²) in [4.78, 5) is 11.4. The van der Waals surface area contributed by atoms with E-state index in [9.17, 15) is 18.3 Å². The van der Waals surface area contributed by atoms with Crippen LogP contribution in [0.4, 0.5) is 0 Å². The van der Waals surface area contributed by atoms with Crippen molar-refractivity contribution in [2.24, 2.45) is 5.41 Å². The first-order chi connectivity index (χ1) is 8.71. The molecule has 0 saturated carbocycles. The summed E-state index contributed by atoms with van der Waals surface area (Å²) in [6.07, 6.45) is 0.631. The van der Waals surface area contributed by atoms with Gasteiger partial charge in [-0.25, -0.2) is 4.72 Å². The Morgan fingerprint density at radius 1 is 1.42 bits per heavy atom. The molecular weight excluding hydrogens is 272 g/mol. The van der Waals surface area contributed by atoms with E-state index in [2.05, 4.69) is 4.72 Å². The third-order valence-corrected chi connectivity index (χ3v) is 5.29. The first kappa shape index (κ1) is 16.4. The fourth-order valence-corrected chi connectivity index (χ4v) is 3.05. The minimum Gasteiger partial charge on any atom is -0.481 e. The Balaban J connectivity index is 2.75. The molecule has 0 radical (unpaired) electrons. The van der Waals surface area contributed by atoms with Crippen molar-refractivity contribution < 1.29 is 23.1 Å². The Morgan fingerprint density at radius 2 is 1.95 bits per heavy atom. The van der Waals surface area contributed by atoms with Gasteiger partial charge in [0.25, 0.3) is 10.2 Å². The largest absolute Gasteiger partial charge is 0.481 e. The van der Waals surface area contributed by atoms with E-state index in [1.165, 1.54) is 11.4 Å². The van der Waals surface area contributed by atoms with Crippen molar-refractivity contribution in [3.8, 4) is 0 Å². The first-order valence-electron chi connectivity index (χ1n) is 6.25. The molecule has 0 aromatic heterocycles. The number of ether oxygens (including phenoxy) is 1. The minimum atomic E-state index is -3.65. The molecule has 1 saturated heterocycles. The topological polar surface area (TPSA) is 95.9 Å². The molecule has 1 fully saturated rings. The molecule has 0 aromatic rings. The van der Waals surface area contributed by atoms with Crippen LogP contribution in [0.25, 0.3) is 0 Å². The second-order valence-electron chi connectivity index (χ2n) is 5.13. The van der Waals surface area contributed by atoms with Gasteiger partial charge in [0.15, 0.2) is 0 Å². The fourth-order valence-electron chi connectivity index (χ4n) is 1.84. The lowest BCUT2D eigenvalue weighted by molar-refractivity contribution is -0.154. The number of aliphatic carboxylic acids is 1. The van der Waals surface area contributed by atoms with Gasteiger partial charge in [-0.3, -0.25) is 4.79 Å². The van der Waals surface area contributed by atoms with Gasteiger partial charge in [0.05, 0.1) is 5.41 Å². The van der Waals surface area contributed by atoms with Crippen molar-refractivity contribution in [3.05, 3.63) is 0 Å². The molecule has 1 heterocycles. The van der Waals surface area contributed by atoms with Crippen molar-refractivity contribution >= 4 is 16.2 Å². The van der Waals surface area contributed by atoms with Gasteiger partial charge in [-0.2, -0.15) is 12.7 Å². The molecule has 112 valence electrons. The molecule has 0 unspecified atom stereocenters. The van der Waals surface area contributed by atoms with E-state index in [-0.39, 0.29) is 12.6 Å². The number of carboxylic acid groups (broad SMARTS) is 1. The van der Waals surface area contributed by atoms with Crippen LogP contribution in [0.5, 0.6) is 0 Å². The quantitative estimate of drug-likeness (QED) is 0.721. The van der Waals surface area contributed by atoms with Gasteiger partial charge < -0.3 is 9.84 Å². The minimum absolute atomic E-state index is 0.106. The van der Waals surface area contributed by atoms with Gasteiger partial charge in [0, 0.05) is 32.8 Å². The van der Waals surface area contributed by atoms with E-state index < -0.39 is 21.6 Å². The van der Waals surface area contributed by atoms with Gasteiger partial charge in [-0.05, 0) is 26.7 Å². The second-order valence-corrected chi connectivity index (χ2v) is 6.95. The summed E-state index contributed by atoms with van der Waals surface area (Å²) in [5.41, 5.74) is -1.07. The standard InChI is InChI=1S/C11H22N2O5S/c1-9(2)13(3)19(16,17)12-8-11(10(14)15)4-6-18-7-5-11/h9,12H,4-8H2,1-3H3,(H,14,15). The van der Waals surface area contributed by atoms with Crippen molar-refractivity contribution in [2.45, 2.75) is 32.7 Å². The number of hydrogen-bond acceptors (Lipinski definition) is 4. The zero-order valence-corrected chi connectivity index (χ0v) is 12.4. The molecule has 19 heavy (non-hydrogen) atoms. The summed E-state index contributed by atoms with van der Waals surface area (Å²) in [6, 6.07) is -0.187. The lowest BCUT2D eigenvalue weighted by Gasteiger charge is -2.33. The third kappa shape index (κ3) is 3.88. The van der Waals surface area contributed by atoms with E-state index in [0.717, 1.165) is 0 Å². The summed E-state index contributed by atoms with van der Waals surface area (Å²) in [5.74, 6) is -0.981. The van der Waals surface area contributed by atoms with Gasteiger partial charge in [0.2, 0.25) is 0 Å². The number of rotatable bonds is 6. The Labute approximate surface area is 114 Å². The van der Waals surface area contributed by atoms with Crippen LogP contribution in [0.3, 0.4) is 0 Å². The van der Waals surface area contributed by atoms with E-state index in [4.69, 9.17) is 4.74 Å². The first-order valence-corrected chi connectivity index (χ1v) is 7.69. The molecule has 0 atom stereocenters. The monoisotopic (exact) mass is 294 g/mol. The van der Waals surface area contributed by atoms with Crippen molar-refractivity contribution in [1.29, 1.82) is 0 Å². The molecule has 0 aliphatic carbocycles. The number of carboxylic acids is 1. The van der Waals surface area contributed by atoms with Crippen molar-refractivity contribution in [1.82, 2.24) is 9.03 Å². The third-order valence-electron chi connectivity index (χ3n) is 3.60. The fraction of sp³-hybridized carbons (Fsp3) is 0.909. The maximum Gasteiger partial charge on any atom is 0.311 e. The average molecular weight is 294 g/mol. The maximum absolute atomic E-state index is 12.0. The predicted octanol–water partition coefficient (Wildman–Crippen LogP) is 0.0424. The molecule has 0 amide bonds. The molecule has 1 aliphatic rings. The Hall–Kier alpha value is -0.700. The Bertz CT molecular complexity index is 415. The normalized spacial score (nSPS) is 19.8. The van der Waals surface area contributed by atoms with Crippen molar-refractivity contribution in [3.63, 3.8) is 0 Å². The number of hydrogen-bond donors (Lipinski definition) is 2. The molecule has 1 aliphatic heterocycles. The zero-order chi connectivity index (χ0) is 14.7. The highest BCUT2D eigenvalue weighted by atomic mass is 32.2. The summed E-state index contributed by atoms with van der Waals surface area (Å²) in [5, 5.41) is 9.33. The van der Waals surface area contributed by atoms with Crippen LogP contribution in [-0.4, -0.2) is 56.6 Å². The lowest BCUT2D eigenvalue weighted by atomic mass is 9.80. The highest BCUT2D eigenvalue weighted by Crippen LogP contribution is 2.30. The van der Waals surface area contributed by atoms with Gasteiger partial charge in [-0.15, -0.1) is 0 Å². The molecule has 0 aromatic carbocycles. The van der Waals surface area contributed by atoms with Gasteiger partial charge in [0.1, 0.15) is 0 Å². The number of carbonyl (C=O) groups is 1. The summed E-state index contributed by atoms with van der Waals surface area (Å²) >= 11 is 0. The molecule has 0 bridgehead atoms. The second kappa shape index (κ2) is 6.17. The lowest BCUT2D eigenvalue weighted by Crippen LogP contribution is -2.50. The smallest absolute Gasteiger partial charge is 0.311 e. The van der Waals surface area contributed by atoms with Crippen LogP contribution in [0.2, 0.25) is 0 Å². The molecule has 8 heteroatoms. The highest BCUT2D eigenvalue weighted by molar-refractivity contribution is 7.87. The Morgan fingerprint density at radius 3 is 2.37 bits per heavy atom. The summed E-state index contributed by atoms with van der Waals surface area (Å²) in [6.45, 7) is 4.08. The maximum atomic E-state index is 12.0. The molecule has 1 rings (SSSR count). The van der Waals surface area contributed by atoms with Gasteiger partial charge >= 0.3 is 5.97 Å². The predicted molar refractivity (Wildman–Crippen MR) is 69.9 cm³/mol. The van der Waals surface area contributed by atoms with E-state index >= 15 is 0 Å². The van der Waals surface area contributed by atoms with Crippen LogP contribution in [-0.2, 0) is 19.7 Å². The molecule has 2 N–H and O–H groups in total. The van der Waals surface area contributed by atoms with E-state index in [1.807, 2.05) is 0 Å². The van der Waals surface area contributed by atoms with E-state index in [1.54, 1.807) is 13.8 Å². The molecular formula is C11H22N2O5S. The van der Waals surface area contributed by atoms with Crippen LogP contribution in [0, 0.1) is 5.41 Å². The van der Waals surface area contributed by atoms with Crippen LogP contribution in [0.1, 0.15) is 26.7 Å². The Kier molecular flexibility index (Phi) is 5.31. The van der Waals surface area contributed by atoms with Crippen molar-refractivity contribution in [2.75, 3.05) is 26.8 Å². The van der Waals surface area contributed by atoms with Gasteiger partial charge in [-0.1, -0.05) is 0 Å². The molecule has 7 nitrogen and oxygen atoms in total. The number of nitrogens with one attached hydrogen (secondary N) is 1. The summed E-state index contributed by atoms with van der Waals surface area (Å²) in [7, 11) is -2.19. The average Bonchev–Trinajstić information content (AvgIpc) is 2.36. The summed E-state index contributed by atoms with van der Waals surface area (Å²) < 4.78 is 32.7. The highest BCUT2D eigenvalue weighted by Gasteiger charge is 2.41. The molecule has 0 spiro atoms.